The molecule has 0 saturated heterocycles. The van der Waals surface area contributed by atoms with Crippen molar-refractivity contribution in [1.29, 1.82) is 0 Å². The molecule has 0 bridgehead atoms. The Morgan fingerprint density at radius 2 is 0.768 bits per heavy atom. The Morgan fingerprint density at radius 1 is 0.304 bits per heavy atom. The van der Waals surface area contributed by atoms with Crippen molar-refractivity contribution in [3.63, 3.8) is 0 Å². The first-order chi connectivity index (χ1) is 27.8. The number of nitrogens with zero attached hydrogens (tertiary/aromatic N) is 3. The Kier molecular flexibility index (Phi) is 6.63. The van der Waals surface area contributed by atoms with Crippen molar-refractivity contribution < 1.29 is 0 Å². The minimum absolute atomic E-state index is 0.921. The first kappa shape index (κ1) is 30.9. The quantitative estimate of drug-likeness (QED) is 0.135. The summed E-state index contributed by atoms with van der Waals surface area (Å²) in [6, 6.07) is 63.6. The van der Waals surface area contributed by atoms with E-state index in [1.54, 1.807) is 0 Å². The zero-order valence-corrected chi connectivity index (χ0v) is 30.2. The fourth-order valence-corrected chi connectivity index (χ4v) is 9.32. The number of benzene rings is 9. The maximum Gasteiger partial charge on any atom is 0.0970 e. The van der Waals surface area contributed by atoms with Crippen LogP contribution >= 0.6 is 0 Å². The molecule has 9 aromatic carbocycles. The molecule has 3 heterocycles. The van der Waals surface area contributed by atoms with Gasteiger partial charge in [0.2, 0.25) is 0 Å². The molecule has 3 aromatic heterocycles. The van der Waals surface area contributed by atoms with Gasteiger partial charge in [-0.2, -0.15) is 0 Å². The van der Waals surface area contributed by atoms with Gasteiger partial charge in [0.1, 0.15) is 0 Å². The summed E-state index contributed by atoms with van der Waals surface area (Å²) in [5.41, 5.74) is 9.75. The van der Waals surface area contributed by atoms with Crippen LogP contribution < -0.4 is 0 Å². The molecule has 12 aromatic rings. The first-order valence-corrected chi connectivity index (χ1v) is 19.1. The molecule has 12 rings (SSSR count). The predicted octanol–water partition coefficient (Wildman–Crippen LogP) is 14.1. The molecule has 0 N–H and O–H groups in total. The van der Waals surface area contributed by atoms with Crippen molar-refractivity contribution in [2.75, 3.05) is 0 Å². The van der Waals surface area contributed by atoms with E-state index in [1.807, 2.05) is 24.5 Å². The lowest BCUT2D eigenvalue weighted by atomic mass is 9.84. The molecule has 3 heteroatoms. The predicted molar refractivity (Wildman–Crippen MR) is 236 cm³/mol. The van der Waals surface area contributed by atoms with E-state index in [2.05, 4.69) is 164 Å². The Balaban J connectivity index is 1.10. The van der Waals surface area contributed by atoms with Crippen molar-refractivity contribution in [3.05, 3.63) is 188 Å². The van der Waals surface area contributed by atoms with Crippen molar-refractivity contribution in [1.82, 2.24) is 15.0 Å². The average Bonchev–Trinajstić information content (AvgIpc) is 3.28. The molecule has 258 valence electrons. The number of hydrogen-bond donors (Lipinski definition) is 0. The number of fused-ring (bicyclic) bond motifs is 13. The normalized spacial score (nSPS) is 11.9. The van der Waals surface area contributed by atoms with Gasteiger partial charge in [-0.3, -0.25) is 9.97 Å². The summed E-state index contributed by atoms with van der Waals surface area (Å²) in [6.07, 6.45) is 3.72. The zero-order valence-electron chi connectivity index (χ0n) is 30.2. The number of aromatic nitrogens is 3. The standard InChI is InChI=1S/C53H31N3/c1-3-16-37-35(14-1)36-15-2-9-22-43(36)52-49(37)42-21-8-10-23-44(42)50(56-52)33-27-25-32(26-28-33)47-38-17-4-6-19-40(38)48(41-20-7-5-18-39(41)47)46-31-34-13-11-29-54-51(34)53-45(46)24-12-30-55-53/h1-31H. The lowest BCUT2D eigenvalue weighted by molar-refractivity contribution is 1.37. The van der Waals surface area contributed by atoms with Crippen LogP contribution in [0.3, 0.4) is 0 Å². The van der Waals surface area contributed by atoms with E-state index in [4.69, 9.17) is 15.0 Å². The van der Waals surface area contributed by atoms with Gasteiger partial charge in [-0.15, -0.1) is 0 Å². The smallest absolute Gasteiger partial charge is 0.0970 e. The second-order valence-electron chi connectivity index (χ2n) is 14.6. The number of hydrogen-bond acceptors (Lipinski definition) is 3. The molecule has 0 radical (unpaired) electrons. The zero-order chi connectivity index (χ0) is 36.7. The van der Waals surface area contributed by atoms with Crippen LogP contribution in [0, 0.1) is 0 Å². The Morgan fingerprint density at radius 3 is 1.43 bits per heavy atom. The monoisotopic (exact) mass is 709 g/mol. The highest BCUT2D eigenvalue weighted by molar-refractivity contribution is 6.31. The second-order valence-corrected chi connectivity index (χ2v) is 14.6. The van der Waals surface area contributed by atoms with E-state index in [-0.39, 0.29) is 0 Å². The molecular weight excluding hydrogens is 679 g/mol. The van der Waals surface area contributed by atoms with Gasteiger partial charge < -0.3 is 0 Å². The Labute approximate surface area is 322 Å². The van der Waals surface area contributed by atoms with Crippen LogP contribution in [0.1, 0.15) is 0 Å². The molecule has 0 atom stereocenters. The van der Waals surface area contributed by atoms with Crippen LogP contribution in [-0.4, -0.2) is 15.0 Å². The number of pyridine rings is 3. The number of rotatable bonds is 3. The minimum atomic E-state index is 0.921. The highest BCUT2D eigenvalue weighted by Crippen LogP contribution is 2.47. The SMILES string of the molecule is c1cnc2c(c1)cc(-c1c3ccccc3c(-c3ccc(-c4nc5c6ccccc6c6ccccc6c5c5ccccc45)cc3)c3ccccc13)c1cccnc12. The van der Waals surface area contributed by atoms with Gasteiger partial charge in [0.25, 0.3) is 0 Å². The van der Waals surface area contributed by atoms with Crippen LogP contribution in [0.5, 0.6) is 0 Å². The molecule has 0 aliphatic heterocycles. The van der Waals surface area contributed by atoms with E-state index < -0.39 is 0 Å². The molecule has 0 saturated carbocycles. The summed E-state index contributed by atoms with van der Waals surface area (Å²) in [5, 5.41) is 15.5. The molecule has 0 spiro atoms. The second kappa shape index (κ2) is 12.0. The van der Waals surface area contributed by atoms with Gasteiger partial charge in [-0.1, -0.05) is 158 Å². The third-order valence-corrected chi connectivity index (χ3v) is 11.7. The summed E-state index contributed by atoms with van der Waals surface area (Å²) in [5.74, 6) is 0. The van der Waals surface area contributed by atoms with Gasteiger partial charge >= 0.3 is 0 Å². The maximum absolute atomic E-state index is 5.54. The third kappa shape index (κ3) is 4.43. The van der Waals surface area contributed by atoms with Crippen molar-refractivity contribution >= 4 is 86.6 Å². The summed E-state index contributed by atoms with van der Waals surface area (Å²) in [7, 11) is 0. The van der Waals surface area contributed by atoms with Crippen LogP contribution in [0.2, 0.25) is 0 Å². The molecule has 0 fully saturated rings. The molecule has 0 aliphatic rings. The minimum Gasteiger partial charge on any atom is -0.254 e. The first-order valence-electron chi connectivity index (χ1n) is 19.1. The maximum atomic E-state index is 5.54. The van der Waals surface area contributed by atoms with Gasteiger partial charge in [-0.25, -0.2) is 4.98 Å². The lowest BCUT2D eigenvalue weighted by Gasteiger charge is -2.19. The average molecular weight is 710 g/mol. The van der Waals surface area contributed by atoms with Gasteiger partial charge in [0.05, 0.1) is 22.2 Å². The van der Waals surface area contributed by atoms with Crippen molar-refractivity contribution in [2.24, 2.45) is 0 Å². The van der Waals surface area contributed by atoms with E-state index in [9.17, 15) is 0 Å². The fraction of sp³-hybridized carbons (Fsp3) is 0. The van der Waals surface area contributed by atoms with E-state index >= 15 is 0 Å². The Bertz CT molecular complexity index is 3530. The summed E-state index contributed by atoms with van der Waals surface area (Å²) in [4.78, 5) is 15.1. The largest absolute Gasteiger partial charge is 0.254 e. The Hall–Kier alpha value is -7.49. The molecule has 0 amide bonds. The van der Waals surface area contributed by atoms with Crippen LogP contribution in [0.25, 0.3) is 120 Å². The molecule has 0 aliphatic carbocycles. The molecule has 0 unspecified atom stereocenters. The van der Waals surface area contributed by atoms with E-state index in [0.717, 1.165) is 49.5 Å². The topological polar surface area (TPSA) is 38.7 Å². The van der Waals surface area contributed by atoms with Crippen molar-refractivity contribution in [3.8, 4) is 33.5 Å². The van der Waals surface area contributed by atoms with Gasteiger partial charge in [0, 0.05) is 44.9 Å². The highest BCUT2D eigenvalue weighted by atomic mass is 14.7. The molecule has 3 nitrogen and oxygen atoms in total. The van der Waals surface area contributed by atoms with Crippen LogP contribution in [-0.2, 0) is 0 Å². The fourth-order valence-electron chi connectivity index (χ4n) is 9.32. The van der Waals surface area contributed by atoms with Crippen molar-refractivity contribution in [2.45, 2.75) is 0 Å². The van der Waals surface area contributed by atoms with E-state index in [1.165, 1.54) is 70.6 Å². The molecule has 56 heavy (non-hydrogen) atoms. The highest BCUT2D eigenvalue weighted by Gasteiger charge is 2.21. The summed E-state index contributed by atoms with van der Waals surface area (Å²) >= 11 is 0. The van der Waals surface area contributed by atoms with E-state index in [0.29, 0.717) is 0 Å². The van der Waals surface area contributed by atoms with Gasteiger partial charge in [0.15, 0.2) is 0 Å². The molecular formula is C53H31N3. The lowest BCUT2D eigenvalue weighted by Crippen LogP contribution is -1.94. The van der Waals surface area contributed by atoms with Crippen LogP contribution in [0.15, 0.2) is 188 Å². The van der Waals surface area contributed by atoms with Gasteiger partial charge in [-0.05, 0) is 83.5 Å². The summed E-state index contributed by atoms with van der Waals surface area (Å²) < 4.78 is 0. The van der Waals surface area contributed by atoms with Crippen LogP contribution in [0.4, 0.5) is 0 Å². The summed E-state index contributed by atoms with van der Waals surface area (Å²) in [6.45, 7) is 0. The third-order valence-electron chi connectivity index (χ3n) is 11.7.